The van der Waals surface area contributed by atoms with E-state index in [1.54, 1.807) is 0 Å². The molecule has 316 valence electrons. The summed E-state index contributed by atoms with van der Waals surface area (Å²) >= 11 is 0. The van der Waals surface area contributed by atoms with E-state index in [-0.39, 0.29) is 25.0 Å². The van der Waals surface area contributed by atoms with Gasteiger partial charge >= 0.3 is 11.9 Å². The first-order valence-corrected chi connectivity index (χ1v) is 20.6. The van der Waals surface area contributed by atoms with Crippen molar-refractivity contribution in [2.75, 3.05) is 133 Å². The Labute approximate surface area is 322 Å². The van der Waals surface area contributed by atoms with Crippen molar-refractivity contribution in [2.45, 2.75) is 116 Å². The van der Waals surface area contributed by atoms with Crippen LogP contribution in [0.3, 0.4) is 0 Å². The molecule has 0 saturated heterocycles. The van der Waals surface area contributed by atoms with Crippen LogP contribution in [0.2, 0.25) is 0 Å². The lowest BCUT2D eigenvalue weighted by Gasteiger charge is -2.09. The molecule has 0 saturated carbocycles. The van der Waals surface area contributed by atoms with Gasteiger partial charge in [0.1, 0.15) is 6.61 Å². The normalized spacial score (nSPS) is 11.4. The van der Waals surface area contributed by atoms with Gasteiger partial charge in [-0.15, -0.1) is 0 Å². The van der Waals surface area contributed by atoms with Crippen LogP contribution in [-0.4, -0.2) is 145 Å². The Morgan fingerprint density at radius 1 is 0.302 bits per heavy atom. The highest BCUT2D eigenvalue weighted by Gasteiger charge is 2.03. The molecule has 0 aromatic heterocycles. The van der Waals surface area contributed by atoms with Gasteiger partial charge in [-0.05, 0) is 6.42 Å². The Morgan fingerprint density at radius 2 is 0.566 bits per heavy atom. The van der Waals surface area contributed by atoms with Crippen LogP contribution >= 0.6 is 0 Å². The van der Waals surface area contributed by atoms with Gasteiger partial charge in [0.05, 0.1) is 132 Å². The van der Waals surface area contributed by atoms with Gasteiger partial charge in [0.25, 0.3) is 0 Å². The summed E-state index contributed by atoms with van der Waals surface area (Å²) in [6.07, 6.45) is 20.4. The molecule has 13 nitrogen and oxygen atoms in total. The van der Waals surface area contributed by atoms with Crippen molar-refractivity contribution < 1.29 is 61.7 Å². The first kappa shape index (κ1) is 51.6. The highest BCUT2D eigenvalue weighted by atomic mass is 16.6. The fourth-order valence-electron chi connectivity index (χ4n) is 5.05. The molecule has 0 aliphatic rings. The molecule has 0 atom stereocenters. The predicted octanol–water partition coefficient (Wildman–Crippen LogP) is 6.50. The van der Waals surface area contributed by atoms with Crippen molar-refractivity contribution in [1.29, 1.82) is 0 Å². The van der Waals surface area contributed by atoms with Crippen molar-refractivity contribution in [1.82, 2.24) is 0 Å². The molecule has 13 heteroatoms. The van der Waals surface area contributed by atoms with Crippen molar-refractivity contribution in [3.63, 3.8) is 0 Å². The summed E-state index contributed by atoms with van der Waals surface area (Å²) in [5, 5.41) is 0. The van der Waals surface area contributed by atoms with Crippen molar-refractivity contribution >= 4 is 11.9 Å². The van der Waals surface area contributed by atoms with E-state index in [0.29, 0.717) is 125 Å². The van der Waals surface area contributed by atoms with Crippen LogP contribution in [0.4, 0.5) is 0 Å². The lowest BCUT2D eigenvalue weighted by Crippen LogP contribution is -2.15. The van der Waals surface area contributed by atoms with E-state index >= 15 is 0 Å². The minimum atomic E-state index is -0.286. The second-order valence-electron chi connectivity index (χ2n) is 12.8. The van der Waals surface area contributed by atoms with Gasteiger partial charge in [0.15, 0.2) is 0 Å². The first-order valence-electron chi connectivity index (χ1n) is 20.6. The molecule has 0 amide bonds. The third-order valence-corrected chi connectivity index (χ3v) is 8.13. The van der Waals surface area contributed by atoms with Crippen LogP contribution in [0.25, 0.3) is 0 Å². The summed E-state index contributed by atoms with van der Waals surface area (Å²) in [5.74, 6) is -0.420. The lowest BCUT2D eigenvalue weighted by atomic mass is 10.0. The van der Waals surface area contributed by atoms with E-state index in [1.807, 2.05) is 0 Å². The zero-order valence-electron chi connectivity index (χ0n) is 33.8. The smallest absolute Gasteiger partial charge is 0.307 e. The van der Waals surface area contributed by atoms with Crippen LogP contribution in [0.15, 0.2) is 0 Å². The Kier molecular flexibility index (Phi) is 45.5. The molecule has 0 bridgehead atoms. The fraction of sp³-hybridized carbons (Fsp3) is 0.950. The predicted molar refractivity (Wildman–Crippen MR) is 205 cm³/mol. The van der Waals surface area contributed by atoms with E-state index in [9.17, 15) is 9.59 Å². The first-order chi connectivity index (χ1) is 26.2. The monoisotopic (exact) mass is 767 g/mol. The third-order valence-electron chi connectivity index (χ3n) is 8.13. The second kappa shape index (κ2) is 46.7. The van der Waals surface area contributed by atoms with Gasteiger partial charge in [-0.2, -0.15) is 0 Å². The topological polar surface area (TPSA) is 136 Å². The SMILES string of the molecule is CCCCCCCCCCCCCCCCCC(=O)OCCOCCOCCOCCOCCOCCOCCOCCOCCOCCC(=O)OC. The number of carbonyl (C=O) groups excluding carboxylic acids is 2. The summed E-state index contributed by atoms with van der Waals surface area (Å²) in [5.41, 5.74) is 0. The standard InChI is InChI=1S/C40H78O13/c1-3-4-5-6-7-8-9-10-11-12-13-14-15-16-17-18-40(42)53-38-37-52-36-35-51-34-33-50-32-31-49-30-29-48-28-27-47-26-25-46-24-23-45-22-21-44-20-19-39(41)43-2/h3-38H2,1-2H3. The highest BCUT2D eigenvalue weighted by molar-refractivity contribution is 5.69. The number of methoxy groups -OCH3 is 1. The number of hydrogen-bond donors (Lipinski definition) is 0. The maximum Gasteiger partial charge on any atom is 0.307 e. The summed E-state index contributed by atoms with van der Waals surface area (Å²) in [4.78, 5) is 22.8. The molecule has 0 N–H and O–H groups in total. The largest absolute Gasteiger partial charge is 0.469 e. The van der Waals surface area contributed by atoms with Gasteiger partial charge in [0.2, 0.25) is 0 Å². The Bertz CT molecular complexity index is 729. The maximum absolute atomic E-state index is 11.9. The van der Waals surface area contributed by atoms with Crippen molar-refractivity contribution in [3.05, 3.63) is 0 Å². The molecule has 53 heavy (non-hydrogen) atoms. The van der Waals surface area contributed by atoms with E-state index in [4.69, 9.17) is 47.4 Å². The zero-order chi connectivity index (χ0) is 38.4. The van der Waals surface area contributed by atoms with Gasteiger partial charge in [0, 0.05) is 6.42 Å². The summed E-state index contributed by atoms with van der Waals surface area (Å²) < 4.78 is 58.7. The Morgan fingerprint density at radius 3 is 0.868 bits per heavy atom. The minimum Gasteiger partial charge on any atom is -0.469 e. The molecule has 0 aromatic carbocycles. The number of carbonyl (C=O) groups is 2. The molecular formula is C40H78O13. The van der Waals surface area contributed by atoms with E-state index in [1.165, 1.54) is 90.6 Å². The zero-order valence-corrected chi connectivity index (χ0v) is 33.8. The molecule has 0 aromatic rings. The van der Waals surface area contributed by atoms with Crippen LogP contribution in [0.5, 0.6) is 0 Å². The molecule has 0 rings (SSSR count). The second-order valence-corrected chi connectivity index (χ2v) is 12.8. The van der Waals surface area contributed by atoms with Gasteiger partial charge in [-0.1, -0.05) is 96.8 Å². The van der Waals surface area contributed by atoms with Crippen LogP contribution in [0, 0.1) is 0 Å². The molecule has 0 unspecified atom stereocenters. The Hall–Kier alpha value is -1.42. The highest BCUT2D eigenvalue weighted by Crippen LogP contribution is 2.14. The number of ether oxygens (including phenoxy) is 11. The van der Waals surface area contributed by atoms with Crippen LogP contribution in [-0.2, 0) is 61.7 Å². The van der Waals surface area contributed by atoms with Crippen LogP contribution in [0.1, 0.15) is 116 Å². The summed E-state index contributed by atoms with van der Waals surface area (Å²) in [7, 11) is 1.35. The van der Waals surface area contributed by atoms with Crippen molar-refractivity contribution in [3.8, 4) is 0 Å². The number of hydrogen-bond acceptors (Lipinski definition) is 13. The number of rotatable bonds is 46. The quantitative estimate of drug-likeness (QED) is 0.0493. The van der Waals surface area contributed by atoms with Crippen molar-refractivity contribution in [2.24, 2.45) is 0 Å². The molecular weight excluding hydrogens is 688 g/mol. The van der Waals surface area contributed by atoms with Gasteiger partial charge in [-0.3, -0.25) is 9.59 Å². The maximum atomic E-state index is 11.9. The van der Waals surface area contributed by atoms with E-state index in [0.717, 1.165) is 12.8 Å². The van der Waals surface area contributed by atoms with Gasteiger partial charge < -0.3 is 52.1 Å². The third kappa shape index (κ3) is 46.7. The van der Waals surface area contributed by atoms with E-state index < -0.39 is 0 Å². The Balaban J connectivity index is 3.14. The fourth-order valence-corrected chi connectivity index (χ4v) is 5.05. The molecule has 0 aliphatic carbocycles. The summed E-state index contributed by atoms with van der Waals surface area (Å²) in [6.45, 7) is 10.9. The summed E-state index contributed by atoms with van der Waals surface area (Å²) in [6, 6.07) is 0. The average Bonchev–Trinajstić information content (AvgIpc) is 3.16. The molecule has 0 aliphatic heterocycles. The molecule has 0 spiro atoms. The van der Waals surface area contributed by atoms with Gasteiger partial charge in [-0.25, -0.2) is 0 Å². The molecule has 0 heterocycles. The molecule has 0 fully saturated rings. The average molecular weight is 767 g/mol. The number of esters is 2. The lowest BCUT2D eigenvalue weighted by molar-refractivity contribution is -0.145. The molecule has 0 radical (unpaired) electrons. The van der Waals surface area contributed by atoms with Crippen LogP contribution < -0.4 is 0 Å². The van der Waals surface area contributed by atoms with E-state index in [2.05, 4.69) is 11.7 Å². The minimum absolute atomic E-state index is 0.133. The number of unbranched alkanes of at least 4 members (excludes halogenated alkanes) is 14.